The average molecular weight is 462 g/mol. The minimum absolute atomic E-state index is 0.179. The van der Waals surface area contributed by atoms with Gasteiger partial charge >= 0.3 is 6.09 Å². The lowest BCUT2D eigenvalue weighted by atomic mass is 9.95. The molecule has 2 aliphatic rings. The van der Waals surface area contributed by atoms with Gasteiger partial charge in [0.15, 0.2) is 0 Å². The number of nitriles is 1. The van der Waals surface area contributed by atoms with E-state index in [4.69, 9.17) is 14.5 Å². The van der Waals surface area contributed by atoms with Crippen LogP contribution in [0.4, 0.5) is 4.79 Å². The van der Waals surface area contributed by atoms with Crippen molar-refractivity contribution in [1.29, 1.82) is 5.26 Å². The summed E-state index contributed by atoms with van der Waals surface area (Å²) in [5.74, 6) is 1.34. The van der Waals surface area contributed by atoms with Crippen molar-refractivity contribution >= 4 is 28.0 Å². The minimum atomic E-state index is -0.494. The summed E-state index contributed by atoms with van der Waals surface area (Å²) in [4.78, 5) is 23.7. The number of nitrogens with zero attached hydrogens (tertiary/aromatic N) is 5. The van der Waals surface area contributed by atoms with Crippen LogP contribution in [-0.4, -0.2) is 56.9 Å². The first kappa shape index (κ1) is 22.6. The van der Waals surface area contributed by atoms with E-state index in [1.165, 1.54) is 0 Å². The van der Waals surface area contributed by atoms with E-state index in [0.717, 1.165) is 47.0 Å². The van der Waals surface area contributed by atoms with E-state index in [2.05, 4.69) is 22.5 Å². The Balaban J connectivity index is 1.49. The van der Waals surface area contributed by atoms with Gasteiger partial charge in [0.05, 0.1) is 35.0 Å². The van der Waals surface area contributed by atoms with Gasteiger partial charge in [-0.15, -0.1) is 0 Å². The smallest absolute Gasteiger partial charge is 0.410 e. The number of benzene rings is 1. The summed E-state index contributed by atoms with van der Waals surface area (Å²) in [5.41, 5.74) is 2.87. The number of likely N-dealkylation sites (tertiary alicyclic amines) is 1. The third-order valence-electron chi connectivity index (χ3n) is 6.62. The summed E-state index contributed by atoms with van der Waals surface area (Å²) in [6, 6.07) is 8.15. The van der Waals surface area contributed by atoms with E-state index < -0.39 is 5.60 Å². The van der Waals surface area contributed by atoms with Crippen molar-refractivity contribution < 1.29 is 14.3 Å². The van der Waals surface area contributed by atoms with Crippen LogP contribution >= 0.6 is 0 Å². The van der Waals surface area contributed by atoms with E-state index >= 15 is 0 Å². The van der Waals surface area contributed by atoms with Crippen molar-refractivity contribution in [3.63, 3.8) is 0 Å². The van der Waals surface area contributed by atoms with Crippen LogP contribution in [0, 0.1) is 17.2 Å². The Morgan fingerprint density at radius 1 is 1.29 bits per heavy atom. The molecule has 0 saturated carbocycles. The molecule has 8 nitrogen and oxygen atoms in total. The fourth-order valence-electron chi connectivity index (χ4n) is 5.07. The molecule has 1 unspecified atom stereocenters. The number of carbonyl (C=O) groups is 1. The van der Waals surface area contributed by atoms with Gasteiger partial charge in [0.25, 0.3) is 0 Å². The third-order valence-corrected chi connectivity index (χ3v) is 6.62. The Labute approximate surface area is 199 Å². The Bertz CT molecular complexity index is 1280. The number of amides is 1. The first-order valence-electron chi connectivity index (χ1n) is 12.0. The molecule has 0 radical (unpaired) electrons. The number of rotatable bonds is 3. The Morgan fingerprint density at radius 2 is 2.09 bits per heavy atom. The highest BCUT2D eigenvalue weighted by atomic mass is 16.6. The molecular weight excluding hydrogens is 430 g/mol. The highest BCUT2D eigenvalue weighted by Gasteiger charge is 2.35. The van der Waals surface area contributed by atoms with Crippen molar-refractivity contribution in [1.82, 2.24) is 19.4 Å². The molecule has 0 N–H and O–H groups in total. The van der Waals surface area contributed by atoms with E-state index in [1.807, 2.05) is 39.1 Å². The van der Waals surface area contributed by atoms with Crippen molar-refractivity contribution in [2.75, 3.05) is 19.7 Å². The first-order chi connectivity index (χ1) is 16.2. The summed E-state index contributed by atoms with van der Waals surface area (Å²) in [6.45, 7) is 9.82. The van der Waals surface area contributed by atoms with Gasteiger partial charge in [0.1, 0.15) is 16.9 Å². The lowest BCUT2D eigenvalue weighted by Crippen LogP contribution is -2.52. The van der Waals surface area contributed by atoms with Crippen molar-refractivity contribution in [3.8, 4) is 6.07 Å². The normalized spacial score (nSPS) is 21.4. The molecule has 2 aliphatic heterocycles. The minimum Gasteiger partial charge on any atom is -0.444 e. The molecule has 178 valence electrons. The fraction of sp³-hybridized carbons (Fsp3) is 0.538. The zero-order valence-corrected chi connectivity index (χ0v) is 20.2. The van der Waals surface area contributed by atoms with Gasteiger partial charge in [0, 0.05) is 43.5 Å². The lowest BCUT2D eigenvalue weighted by Gasteiger charge is -2.40. The second kappa shape index (κ2) is 8.55. The predicted octanol–water partition coefficient (Wildman–Crippen LogP) is 4.61. The van der Waals surface area contributed by atoms with Crippen LogP contribution in [0.25, 0.3) is 21.9 Å². The summed E-state index contributed by atoms with van der Waals surface area (Å²) >= 11 is 0. The van der Waals surface area contributed by atoms with Gasteiger partial charge in [-0.1, -0.05) is 0 Å². The van der Waals surface area contributed by atoms with Gasteiger partial charge < -0.3 is 18.9 Å². The highest BCUT2D eigenvalue weighted by Crippen LogP contribution is 2.35. The molecule has 4 heterocycles. The second-order valence-electron chi connectivity index (χ2n) is 10.5. The number of pyridine rings is 1. The summed E-state index contributed by atoms with van der Waals surface area (Å²) in [7, 11) is 0. The largest absolute Gasteiger partial charge is 0.444 e. The molecule has 1 aromatic carbocycles. The molecule has 8 heteroatoms. The number of fused-ring (bicyclic) bond motifs is 3. The first-order valence-corrected chi connectivity index (χ1v) is 12.0. The Hall–Kier alpha value is -3.18. The van der Waals surface area contributed by atoms with Gasteiger partial charge in [-0.2, -0.15) is 5.26 Å². The molecule has 2 aromatic heterocycles. The summed E-state index contributed by atoms with van der Waals surface area (Å²) < 4.78 is 13.7. The molecule has 0 spiro atoms. The number of hydrogen-bond acceptors (Lipinski definition) is 6. The van der Waals surface area contributed by atoms with Crippen LogP contribution in [0.3, 0.4) is 0 Å². The molecule has 1 amide bonds. The van der Waals surface area contributed by atoms with E-state index in [1.54, 1.807) is 11.0 Å². The van der Waals surface area contributed by atoms with Gasteiger partial charge in [-0.25, -0.2) is 9.78 Å². The van der Waals surface area contributed by atoms with Crippen LogP contribution in [-0.2, 0) is 15.9 Å². The number of aromatic nitrogens is 3. The lowest BCUT2D eigenvalue weighted by molar-refractivity contribution is -0.00270. The molecule has 3 aromatic rings. The van der Waals surface area contributed by atoms with E-state index in [-0.39, 0.29) is 18.2 Å². The third kappa shape index (κ3) is 4.32. The maximum absolute atomic E-state index is 12.4. The fourth-order valence-corrected chi connectivity index (χ4v) is 5.07. The van der Waals surface area contributed by atoms with Crippen molar-refractivity contribution in [3.05, 3.63) is 35.8 Å². The van der Waals surface area contributed by atoms with Crippen LogP contribution in [0.5, 0.6) is 0 Å². The molecule has 5 rings (SSSR count). The van der Waals surface area contributed by atoms with E-state index in [0.29, 0.717) is 31.2 Å². The molecule has 2 atom stereocenters. The van der Waals surface area contributed by atoms with Crippen molar-refractivity contribution in [2.45, 2.75) is 64.7 Å². The SMILES string of the molecule is C[C@@H]1CC(n2c(CC3CN(C(=O)OC(C)(C)C)C3)nc3cnc4ccc(C#N)cc4c32)CCO1. The van der Waals surface area contributed by atoms with Gasteiger partial charge in [0.2, 0.25) is 0 Å². The topological polar surface area (TPSA) is 93.3 Å². The van der Waals surface area contributed by atoms with Crippen LogP contribution in [0.15, 0.2) is 24.4 Å². The average Bonchev–Trinajstić information content (AvgIpc) is 3.12. The van der Waals surface area contributed by atoms with Gasteiger partial charge in [-0.05, 0) is 58.7 Å². The van der Waals surface area contributed by atoms with Crippen LogP contribution < -0.4 is 0 Å². The Morgan fingerprint density at radius 3 is 2.79 bits per heavy atom. The van der Waals surface area contributed by atoms with Crippen LogP contribution in [0.1, 0.15) is 58.0 Å². The highest BCUT2D eigenvalue weighted by molar-refractivity contribution is 6.02. The number of imidazole rings is 1. The van der Waals surface area contributed by atoms with E-state index in [9.17, 15) is 10.1 Å². The monoisotopic (exact) mass is 461 g/mol. The quantitative estimate of drug-likeness (QED) is 0.566. The standard InChI is InChI=1S/C26H31N5O3/c1-16-9-19(7-8-33-16)31-23(11-18-14-30(15-18)25(32)34-26(2,3)4)29-22-13-28-21-6-5-17(12-27)10-20(21)24(22)31/h5-6,10,13,16,18-19H,7-9,11,14-15H2,1-4H3/t16-,19?/m1/s1. The summed E-state index contributed by atoms with van der Waals surface area (Å²) in [5, 5.41) is 10.4. The predicted molar refractivity (Wildman–Crippen MR) is 128 cm³/mol. The molecule has 34 heavy (non-hydrogen) atoms. The van der Waals surface area contributed by atoms with Crippen LogP contribution in [0.2, 0.25) is 0 Å². The molecule has 0 bridgehead atoms. The zero-order valence-electron chi connectivity index (χ0n) is 20.2. The number of carbonyl (C=O) groups excluding carboxylic acids is 1. The maximum atomic E-state index is 12.4. The summed E-state index contributed by atoms with van der Waals surface area (Å²) in [6.07, 6.45) is 4.36. The number of hydrogen-bond donors (Lipinski definition) is 0. The molecule has 2 fully saturated rings. The van der Waals surface area contributed by atoms with Crippen molar-refractivity contribution in [2.24, 2.45) is 5.92 Å². The Kier molecular flexibility index (Phi) is 5.68. The van der Waals surface area contributed by atoms with Gasteiger partial charge in [-0.3, -0.25) is 4.98 Å². The molecule has 2 saturated heterocycles. The molecular formula is C26H31N5O3. The second-order valence-corrected chi connectivity index (χ2v) is 10.5. The number of ether oxygens (including phenoxy) is 2. The maximum Gasteiger partial charge on any atom is 0.410 e. The zero-order chi connectivity index (χ0) is 24.0. The molecule has 0 aliphatic carbocycles.